The first-order valence-electron chi connectivity index (χ1n) is 7.81. The Morgan fingerprint density at radius 2 is 1.76 bits per heavy atom. The lowest BCUT2D eigenvalue weighted by molar-refractivity contribution is -0.142. The van der Waals surface area contributed by atoms with E-state index in [1.165, 1.54) is 0 Å². The monoisotopic (exact) mass is 318 g/mol. The molecule has 3 atom stereocenters. The van der Waals surface area contributed by atoms with Crippen molar-refractivity contribution in [3.05, 3.63) is 0 Å². The number of carboxylic acid groups (broad SMARTS) is 1. The predicted molar refractivity (Wildman–Crippen MR) is 80.0 cm³/mol. The number of carboxylic acids is 1. The first-order valence-corrected chi connectivity index (χ1v) is 9.25. The van der Waals surface area contributed by atoms with Crippen LogP contribution in [-0.4, -0.2) is 42.4 Å². The number of hydrogen-bond acceptors (Lipinski definition) is 3. The summed E-state index contributed by atoms with van der Waals surface area (Å²) in [6, 6.07) is -1.00. The van der Waals surface area contributed by atoms with Gasteiger partial charge in [0.15, 0.2) is 0 Å². The summed E-state index contributed by atoms with van der Waals surface area (Å²) in [5.74, 6) is -0.0541. The second-order valence-corrected chi connectivity index (χ2v) is 8.35. The molecule has 1 saturated carbocycles. The molecule has 0 spiro atoms. The molecular weight excluding hydrogens is 292 g/mol. The Labute approximate surface area is 127 Å². The molecule has 1 aliphatic carbocycles. The van der Waals surface area contributed by atoms with Crippen molar-refractivity contribution in [2.75, 3.05) is 6.54 Å². The number of hydrogen-bond donors (Lipinski definition) is 2. The molecule has 2 aliphatic rings. The van der Waals surface area contributed by atoms with Crippen molar-refractivity contribution in [1.29, 1.82) is 0 Å². The quantitative estimate of drug-likeness (QED) is 0.824. The van der Waals surface area contributed by atoms with Crippen LogP contribution in [-0.2, 0) is 15.0 Å². The lowest BCUT2D eigenvalue weighted by atomic mass is 9.81. The molecular formula is C14H26N2O4S. The highest BCUT2D eigenvalue weighted by atomic mass is 32.2. The number of carbonyl (C=O) groups is 1. The van der Waals surface area contributed by atoms with E-state index in [1.54, 1.807) is 0 Å². The van der Waals surface area contributed by atoms with Gasteiger partial charge in [0.1, 0.15) is 6.04 Å². The highest BCUT2D eigenvalue weighted by Gasteiger charge is 2.38. The van der Waals surface area contributed by atoms with Crippen LogP contribution in [0.5, 0.6) is 0 Å². The van der Waals surface area contributed by atoms with Gasteiger partial charge in [-0.25, -0.2) is 0 Å². The van der Waals surface area contributed by atoms with Gasteiger partial charge in [0, 0.05) is 12.6 Å². The van der Waals surface area contributed by atoms with Crippen molar-refractivity contribution >= 4 is 16.2 Å². The van der Waals surface area contributed by atoms with Gasteiger partial charge in [-0.2, -0.15) is 17.4 Å². The van der Waals surface area contributed by atoms with Crippen molar-refractivity contribution in [2.24, 2.45) is 11.8 Å². The summed E-state index contributed by atoms with van der Waals surface area (Å²) in [4.78, 5) is 11.3. The Morgan fingerprint density at radius 1 is 1.14 bits per heavy atom. The van der Waals surface area contributed by atoms with E-state index >= 15 is 0 Å². The molecule has 122 valence electrons. The van der Waals surface area contributed by atoms with Crippen LogP contribution >= 0.6 is 0 Å². The topological polar surface area (TPSA) is 86.7 Å². The van der Waals surface area contributed by atoms with Gasteiger partial charge in [0.2, 0.25) is 0 Å². The van der Waals surface area contributed by atoms with Crippen LogP contribution in [0, 0.1) is 11.8 Å². The highest BCUT2D eigenvalue weighted by molar-refractivity contribution is 7.87. The minimum atomic E-state index is -3.72. The Hall–Kier alpha value is -0.660. The van der Waals surface area contributed by atoms with E-state index in [1.807, 2.05) is 0 Å². The maximum Gasteiger partial charge on any atom is 0.322 e. The van der Waals surface area contributed by atoms with E-state index in [0.717, 1.165) is 36.4 Å². The second kappa shape index (κ2) is 6.62. The third-order valence-corrected chi connectivity index (χ3v) is 6.23. The first-order chi connectivity index (χ1) is 9.79. The van der Waals surface area contributed by atoms with Crippen LogP contribution in [0.15, 0.2) is 0 Å². The number of piperidine rings is 1. The zero-order chi connectivity index (χ0) is 15.6. The Kier molecular flexibility index (Phi) is 5.27. The number of nitrogens with one attached hydrogen (secondary N) is 1. The van der Waals surface area contributed by atoms with Gasteiger partial charge in [-0.1, -0.05) is 13.8 Å². The lowest BCUT2D eigenvalue weighted by Gasteiger charge is -2.36. The fraction of sp³-hybridized carbons (Fsp3) is 0.929. The van der Waals surface area contributed by atoms with Crippen LogP contribution in [0.25, 0.3) is 0 Å². The minimum absolute atomic E-state index is 0.0786. The molecule has 6 nitrogen and oxygen atoms in total. The largest absolute Gasteiger partial charge is 0.480 e. The lowest BCUT2D eigenvalue weighted by Crippen LogP contribution is -2.54. The number of aliphatic carboxylic acids is 1. The van der Waals surface area contributed by atoms with Crippen molar-refractivity contribution < 1.29 is 18.3 Å². The fourth-order valence-corrected chi connectivity index (χ4v) is 5.41. The average Bonchev–Trinajstić information content (AvgIpc) is 2.36. The molecule has 1 heterocycles. The van der Waals surface area contributed by atoms with Crippen molar-refractivity contribution in [1.82, 2.24) is 9.03 Å². The molecule has 2 fully saturated rings. The van der Waals surface area contributed by atoms with E-state index in [9.17, 15) is 18.3 Å². The van der Waals surface area contributed by atoms with Crippen molar-refractivity contribution in [3.8, 4) is 0 Å². The third kappa shape index (κ3) is 4.17. The van der Waals surface area contributed by atoms with Gasteiger partial charge in [-0.05, 0) is 50.4 Å². The van der Waals surface area contributed by atoms with E-state index in [4.69, 9.17) is 0 Å². The normalized spacial score (nSPS) is 35.5. The number of rotatable bonds is 4. The van der Waals surface area contributed by atoms with Gasteiger partial charge in [-0.15, -0.1) is 0 Å². The predicted octanol–water partition coefficient (Wildman–Crippen LogP) is 1.58. The van der Waals surface area contributed by atoms with Crippen molar-refractivity contribution in [3.63, 3.8) is 0 Å². The van der Waals surface area contributed by atoms with Crippen LogP contribution in [0.3, 0.4) is 0 Å². The molecule has 2 N–H and O–H groups in total. The zero-order valence-electron chi connectivity index (χ0n) is 12.8. The van der Waals surface area contributed by atoms with Crippen LogP contribution in [0.1, 0.15) is 52.4 Å². The Balaban J connectivity index is 2.07. The summed E-state index contributed by atoms with van der Waals surface area (Å²) in [5.41, 5.74) is 0. The summed E-state index contributed by atoms with van der Waals surface area (Å²) < 4.78 is 29.0. The average molecular weight is 318 g/mol. The van der Waals surface area contributed by atoms with Gasteiger partial charge in [0.05, 0.1) is 0 Å². The first kappa shape index (κ1) is 16.7. The minimum Gasteiger partial charge on any atom is -0.480 e. The van der Waals surface area contributed by atoms with Crippen LogP contribution in [0.4, 0.5) is 0 Å². The van der Waals surface area contributed by atoms with Gasteiger partial charge < -0.3 is 5.11 Å². The van der Waals surface area contributed by atoms with E-state index in [0.29, 0.717) is 24.8 Å². The fourth-order valence-electron chi connectivity index (χ4n) is 3.76. The molecule has 0 radical (unpaired) electrons. The maximum absolute atomic E-state index is 12.5. The van der Waals surface area contributed by atoms with E-state index in [2.05, 4.69) is 18.6 Å². The molecule has 0 aromatic heterocycles. The molecule has 2 rings (SSSR count). The van der Waals surface area contributed by atoms with E-state index < -0.39 is 22.2 Å². The van der Waals surface area contributed by atoms with Gasteiger partial charge in [0.25, 0.3) is 10.2 Å². The SMILES string of the molecule is CC1CC(C)CC(NS(=O)(=O)N2CCCCC2C(=O)O)C1. The van der Waals surface area contributed by atoms with Crippen LogP contribution < -0.4 is 4.72 Å². The molecule has 0 bridgehead atoms. The smallest absolute Gasteiger partial charge is 0.322 e. The third-order valence-electron chi connectivity index (χ3n) is 4.54. The van der Waals surface area contributed by atoms with Crippen molar-refractivity contribution in [2.45, 2.75) is 64.5 Å². The number of nitrogens with zero attached hydrogens (tertiary/aromatic N) is 1. The maximum atomic E-state index is 12.5. The molecule has 0 aromatic carbocycles. The van der Waals surface area contributed by atoms with Crippen LogP contribution in [0.2, 0.25) is 0 Å². The van der Waals surface area contributed by atoms with Gasteiger partial charge in [-0.3, -0.25) is 4.79 Å². The summed E-state index contributed by atoms with van der Waals surface area (Å²) in [7, 11) is -3.72. The summed E-state index contributed by atoms with van der Waals surface area (Å²) in [6.45, 7) is 4.57. The Morgan fingerprint density at radius 3 is 2.33 bits per heavy atom. The summed E-state index contributed by atoms with van der Waals surface area (Å²) in [5, 5.41) is 9.23. The Bertz CT molecular complexity index is 469. The molecule has 1 saturated heterocycles. The molecule has 7 heteroatoms. The zero-order valence-corrected chi connectivity index (χ0v) is 13.6. The summed E-state index contributed by atoms with van der Waals surface area (Å²) >= 11 is 0. The molecule has 0 amide bonds. The highest BCUT2D eigenvalue weighted by Crippen LogP contribution is 2.29. The second-order valence-electron chi connectivity index (χ2n) is 6.70. The standard InChI is InChI=1S/C14H26N2O4S/c1-10-7-11(2)9-12(8-10)15-21(19,20)16-6-4-3-5-13(16)14(17)18/h10-13,15H,3-9H2,1-2H3,(H,17,18). The molecule has 0 aromatic rings. The van der Waals surface area contributed by atoms with E-state index in [-0.39, 0.29) is 6.04 Å². The molecule has 21 heavy (non-hydrogen) atoms. The molecule has 3 unspecified atom stereocenters. The van der Waals surface area contributed by atoms with Gasteiger partial charge >= 0.3 is 5.97 Å². The molecule has 1 aliphatic heterocycles. The summed E-state index contributed by atoms with van der Waals surface area (Å²) in [6.07, 6.45) is 4.67.